The number of aliphatic carboxylic acids is 1. The summed E-state index contributed by atoms with van der Waals surface area (Å²) in [7, 11) is 0. The van der Waals surface area contributed by atoms with Crippen molar-refractivity contribution in [1.29, 1.82) is 0 Å². The number of carbonyl (C=O) groups is 3. The van der Waals surface area contributed by atoms with Crippen molar-refractivity contribution in [2.75, 3.05) is 32.7 Å². The molecular formula is C17H23F3N4O4S. The van der Waals surface area contributed by atoms with E-state index in [9.17, 15) is 22.8 Å². The van der Waals surface area contributed by atoms with Crippen LogP contribution < -0.4 is 5.32 Å². The zero-order chi connectivity index (χ0) is 21.8. The number of carbonyl (C=O) groups excluding carboxylic acids is 2. The zero-order valence-electron chi connectivity index (χ0n) is 16.1. The molecule has 29 heavy (non-hydrogen) atoms. The van der Waals surface area contributed by atoms with E-state index < -0.39 is 12.1 Å². The molecule has 0 aromatic carbocycles. The minimum atomic E-state index is -5.08. The van der Waals surface area contributed by atoms with Crippen LogP contribution in [0.4, 0.5) is 13.2 Å². The topological polar surface area (TPSA) is 103 Å². The monoisotopic (exact) mass is 436 g/mol. The molecule has 3 heterocycles. The Hall–Kier alpha value is -2.21. The summed E-state index contributed by atoms with van der Waals surface area (Å²) in [5.74, 6) is -2.89. The number of aryl methyl sites for hydroxylation is 1. The second-order valence-electron chi connectivity index (χ2n) is 7.28. The van der Waals surface area contributed by atoms with Gasteiger partial charge < -0.3 is 15.3 Å². The Morgan fingerprint density at radius 1 is 1.31 bits per heavy atom. The molecule has 1 spiro atoms. The van der Waals surface area contributed by atoms with Crippen LogP contribution >= 0.6 is 11.3 Å². The molecular weight excluding hydrogens is 413 g/mol. The van der Waals surface area contributed by atoms with Gasteiger partial charge in [-0.25, -0.2) is 9.78 Å². The summed E-state index contributed by atoms with van der Waals surface area (Å²) in [6.07, 6.45) is -3.94. The summed E-state index contributed by atoms with van der Waals surface area (Å²) >= 11 is 1.69. The number of hydrogen-bond acceptors (Lipinski definition) is 6. The number of carboxylic acids is 1. The molecule has 0 unspecified atom stereocenters. The Kier molecular flexibility index (Phi) is 7.22. The lowest BCUT2D eigenvalue weighted by Crippen LogP contribution is -2.61. The summed E-state index contributed by atoms with van der Waals surface area (Å²) in [6.45, 7) is 8.23. The Balaban J connectivity index is 0.000000370. The highest BCUT2D eigenvalue weighted by Crippen LogP contribution is 2.39. The molecule has 2 aliphatic heterocycles. The van der Waals surface area contributed by atoms with Gasteiger partial charge in [0.15, 0.2) is 0 Å². The Bertz CT molecular complexity index is 762. The van der Waals surface area contributed by atoms with Gasteiger partial charge in [-0.05, 0) is 19.9 Å². The molecule has 2 saturated heterocycles. The van der Waals surface area contributed by atoms with Crippen molar-refractivity contribution in [1.82, 2.24) is 20.1 Å². The van der Waals surface area contributed by atoms with Crippen molar-refractivity contribution in [3.05, 3.63) is 16.1 Å². The van der Waals surface area contributed by atoms with E-state index in [0.717, 1.165) is 49.8 Å². The van der Waals surface area contributed by atoms with E-state index in [-0.39, 0.29) is 23.8 Å². The Labute approximate surface area is 169 Å². The maximum Gasteiger partial charge on any atom is 0.490 e. The van der Waals surface area contributed by atoms with E-state index in [1.54, 1.807) is 11.3 Å². The van der Waals surface area contributed by atoms with Crippen molar-refractivity contribution < 1.29 is 32.7 Å². The molecule has 0 aliphatic carbocycles. The number of nitrogens with zero attached hydrogens (tertiary/aromatic N) is 3. The Morgan fingerprint density at radius 2 is 1.93 bits per heavy atom. The molecule has 1 aromatic heterocycles. The predicted molar refractivity (Wildman–Crippen MR) is 98.1 cm³/mol. The minimum Gasteiger partial charge on any atom is -0.475 e. The van der Waals surface area contributed by atoms with Crippen molar-refractivity contribution >= 4 is 29.1 Å². The standard InChI is InChI=1S/C15H22N4O2S.C2HF3O2/c1-11(20)16-5-14(21)19-9-15(10-19)3-4-18(8-15)6-13-7-22-12(2)17-13;3-2(4,5)1(6)7/h7H,3-6,8-10H2,1-2H3,(H,16,20);(H,6,7). The molecule has 2 N–H and O–H groups in total. The van der Waals surface area contributed by atoms with Gasteiger partial charge in [-0.15, -0.1) is 11.3 Å². The van der Waals surface area contributed by atoms with Crippen LogP contribution in [-0.4, -0.2) is 76.6 Å². The first kappa shape index (κ1) is 23.1. The van der Waals surface area contributed by atoms with Gasteiger partial charge in [0.1, 0.15) is 0 Å². The van der Waals surface area contributed by atoms with Crippen LogP contribution in [0.1, 0.15) is 24.0 Å². The van der Waals surface area contributed by atoms with E-state index in [1.165, 1.54) is 6.92 Å². The molecule has 0 bridgehead atoms. The summed E-state index contributed by atoms with van der Waals surface area (Å²) < 4.78 is 31.7. The number of carboxylic acid groups (broad SMARTS) is 1. The quantitative estimate of drug-likeness (QED) is 0.737. The van der Waals surface area contributed by atoms with Crippen molar-refractivity contribution in [3.63, 3.8) is 0 Å². The summed E-state index contributed by atoms with van der Waals surface area (Å²) in [6, 6.07) is 0. The second kappa shape index (κ2) is 9.08. The smallest absolute Gasteiger partial charge is 0.475 e. The maximum atomic E-state index is 11.9. The van der Waals surface area contributed by atoms with Crippen molar-refractivity contribution in [2.45, 2.75) is 33.0 Å². The molecule has 0 atom stereocenters. The summed E-state index contributed by atoms with van der Waals surface area (Å²) in [4.78, 5) is 40.5. The fraction of sp³-hybridized carbons (Fsp3) is 0.647. The first-order valence-electron chi connectivity index (χ1n) is 8.86. The third-order valence-corrected chi connectivity index (χ3v) is 5.53. The number of amides is 2. The molecule has 8 nitrogen and oxygen atoms in total. The number of aromatic nitrogens is 1. The molecule has 162 valence electrons. The van der Waals surface area contributed by atoms with Gasteiger partial charge >= 0.3 is 12.1 Å². The predicted octanol–water partition coefficient (Wildman–Crippen LogP) is 1.26. The van der Waals surface area contributed by atoms with E-state index >= 15 is 0 Å². The van der Waals surface area contributed by atoms with Gasteiger partial charge in [0.2, 0.25) is 11.8 Å². The lowest BCUT2D eigenvalue weighted by Gasteiger charge is -2.48. The number of nitrogens with one attached hydrogen (secondary N) is 1. The summed E-state index contributed by atoms with van der Waals surface area (Å²) in [5.41, 5.74) is 1.41. The van der Waals surface area contributed by atoms with Gasteiger partial charge in [0.05, 0.1) is 17.2 Å². The van der Waals surface area contributed by atoms with Crippen LogP contribution in [0.5, 0.6) is 0 Å². The van der Waals surface area contributed by atoms with Gasteiger partial charge in [-0.3, -0.25) is 14.5 Å². The molecule has 2 amide bonds. The van der Waals surface area contributed by atoms with Crippen LogP contribution in [0.25, 0.3) is 0 Å². The SMILES string of the molecule is CC(=O)NCC(=O)N1CC2(CCN(Cc3csc(C)n3)C2)C1.O=C(O)C(F)(F)F. The molecule has 2 aliphatic rings. The number of halogens is 3. The van der Waals surface area contributed by atoms with Gasteiger partial charge in [-0.2, -0.15) is 13.2 Å². The van der Waals surface area contributed by atoms with Crippen LogP contribution in [0.3, 0.4) is 0 Å². The summed E-state index contributed by atoms with van der Waals surface area (Å²) in [5, 5.41) is 12.9. The molecule has 0 radical (unpaired) electrons. The highest BCUT2D eigenvalue weighted by molar-refractivity contribution is 7.09. The first-order chi connectivity index (χ1) is 13.4. The molecule has 0 saturated carbocycles. The van der Waals surface area contributed by atoms with Crippen LogP contribution in [0.2, 0.25) is 0 Å². The maximum absolute atomic E-state index is 11.9. The van der Waals surface area contributed by atoms with Crippen LogP contribution in [0, 0.1) is 12.3 Å². The molecule has 3 rings (SSSR count). The van der Waals surface area contributed by atoms with E-state index in [2.05, 4.69) is 20.6 Å². The lowest BCUT2D eigenvalue weighted by atomic mass is 9.79. The van der Waals surface area contributed by atoms with E-state index in [4.69, 9.17) is 9.90 Å². The average molecular weight is 436 g/mol. The molecule has 1 aromatic rings. The number of likely N-dealkylation sites (tertiary alicyclic amines) is 2. The number of rotatable bonds is 4. The number of thiazole rings is 1. The van der Waals surface area contributed by atoms with Gasteiger partial charge in [-0.1, -0.05) is 0 Å². The van der Waals surface area contributed by atoms with Crippen LogP contribution in [0.15, 0.2) is 5.38 Å². The second-order valence-corrected chi connectivity index (χ2v) is 8.34. The van der Waals surface area contributed by atoms with Gasteiger partial charge in [0.25, 0.3) is 0 Å². The highest BCUT2D eigenvalue weighted by atomic mass is 32.1. The van der Waals surface area contributed by atoms with Crippen molar-refractivity contribution in [3.8, 4) is 0 Å². The fourth-order valence-electron chi connectivity index (χ4n) is 3.38. The third kappa shape index (κ3) is 6.67. The van der Waals surface area contributed by atoms with Crippen LogP contribution in [-0.2, 0) is 20.9 Å². The number of alkyl halides is 3. The average Bonchev–Trinajstić information content (AvgIpc) is 3.18. The third-order valence-electron chi connectivity index (χ3n) is 4.71. The van der Waals surface area contributed by atoms with E-state index in [0.29, 0.717) is 0 Å². The molecule has 2 fully saturated rings. The van der Waals surface area contributed by atoms with Gasteiger partial charge in [0, 0.05) is 43.9 Å². The fourth-order valence-corrected chi connectivity index (χ4v) is 3.99. The highest BCUT2D eigenvalue weighted by Gasteiger charge is 2.48. The lowest BCUT2D eigenvalue weighted by molar-refractivity contribution is -0.192. The normalized spacial score (nSPS) is 18.0. The van der Waals surface area contributed by atoms with E-state index in [1.807, 2.05) is 11.8 Å². The molecule has 12 heteroatoms. The van der Waals surface area contributed by atoms with Crippen molar-refractivity contribution in [2.24, 2.45) is 5.41 Å². The zero-order valence-corrected chi connectivity index (χ0v) is 16.9. The Morgan fingerprint density at radius 3 is 2.41 bits per heavy atom. The largest absolute Gasteiger partial charge is 0.490 e. The number of hydrogen-bond donors (Lipinski definition) is 2. The minimum absolute atomic E-state index is 0.0226. The first-order valence-corrected chi connectivity index (χ1v) is 9.74.